The van der Waals surface area contributed by atoms with E-state index in [0.717, 1.165) is 32.1 Å². The van der Waals surface area contributed by atoms with Gasteiger partial charge >= 0.3 is 0 Å². The number of nitrogens with one attached hydrogen (secondary N) is 1. The average Bonchev–Trinajstić information content (AvgIpc) is 2.47. The summed E-state index contributed by atoms with van der Waals surface area (Å²) < 4.78 is 0. The van der Waals surface area contributed by atoms with E-state index in [0.29, 0.717) is 5.92 Å². The molecule has 1 saturated carbocycles. The van der Waals surface area contributed by atoms with Gasteiger partial charge in [-0.05, 0) is 43.9 Å². The van der Waals surface area contributed by atoms with Crippen LogP contribution in [0.4, 0.5) is 0 Å². The largest absolute Gasteiger partial charge is 0.345 e. The highest BCUT2D eigenvalue weighted by Crippen LogP contribution is 2.44. The lowest BCUT2D eigenvalue weighted by Crippen LogP contribution is -2.55. The van der Waals surface area contributed by atoms with Crippen LogP contribution in [0.15, 0.2) is 0 Å². The van der Waals surface area contributed by atoms with Gasteiger partial charge in [0.25, 0.3) is 0 Å². The van der Waals surface area contributed by atoms with Gasteiger partial charge in [0.2, 0.25) is 5.91 Å². The molecule has 0 aromatic heterocycles. The van der Waals surface area contributed by atoms with E-state index in [-0.39, 0.29) is 23.1 Å². The van der Waals surface area contributed by atoms with Gasteiger partial charge in [0.1, 0.15) is 0 Å². The van der Waals surface area contributed by atoms with Crippen molar-refractivity contribution in [3.05, 3.63) is 0 Å². The first-order valence-corrected chi connectivity index (χ1v) is 8.01. The zero-order valence-corrected chi connectivity index (χ0v) is 12.8. The third-order valence-corrected chi connectivity index (χ3v) is 5.37. The van der Waals surface area contributed by atoms with Gasteiger partial charge in [-0.2, -0.15) is 0 Å². The molecule has 2 rings (SSSR count). The summed E-state index contributed by atoms with van der Waals surface area (Å²) in [7, 11) is 0. The minimum atomic E-state index is -0.463. The highest BCUT2D eigenvalue weighted by atomic mass is 16.2. The molecule has 2 unspecified atom stereocenters. The van der Waals surface area contributed by atoms with E-state index >= 15 is 0 Å². The van der Waals surface area contributed by atoms with E-state index in [1.807, 2.05) is 0 Å². The summed E-state index contributed by atoms with van der Waals surface area (Å²) in [5.41, 5.74) is 6.27. The lowest BCUT2D eigenvalue weighted by atomic mass is 9.66. The van der Waals surface area contributed by atoms with Crippen molar-refractivity contribution in [2.45, 2.75) is 77.3 Å². The molecule has 2 aliphatic rings. The van der Waals surface area contributed by atoms with Crippen LogP contribution >= 0.6 is 0 Å². The van der Waals surface area contributed by atoms with E-state index in [9.17, 15) is 9.59 Å². The van der Waals surface area contributed by atoms with Gasteiger partial charge in [0, 0.05) is 0 Å². The number of ketones is 1. The van der Waals surface area contributed by atoms with Crippen LogP contribution in [0.2, 0.25) is 0 Å². The summed E-state index contributed by atoms with van der Waals surface area (Å²) in [4.78, 5) is 24.1. The van der Waals surface area contributed by atoms with Crippen molar-refractivity contribution in [3.8, 4) is 0 Å². The number of carbonyl (C=O) groups excluding carboxylic acids is 2. The molecular weight excluding hydrogens is 252 g/mol. The smallest absolute Gasteiger partial charge is 0.238 e. The Morgan fingerprint density at radius 3 is 2.50 bits per heavy atom. The summed E-state index contributed by atoms with van der Waals surface area (Å²) in [6.07, 6.45) is 8.53. The van der Waals surface area contributed by atoms with Crippen LogP contribution in [0, 0.1) is 11.3 Å². The van der Waals surface area contributed by atoms with Crippen LogP contribution in [0.25, 0.3) is 0 Å². The number of Topliss-reactive ketones (excluding diaryl/α,β-unsaturated/α-hetero) is 1. The maximum Gasteiger partial charge on any atom is 0.238 e. The molecule has 0 bridgehead atoms. The molecule has 4 nitrogen and oxygen atoms in total. The molecule has 2 fully saturated rings. The normalized spacial score (nSPS) is 34.8. The van der Waals surface area contributed by atoms with Crippen LogP contribution in [-0.2, 0) is 9.59 Å². The van der Waals surface area contributed by atoms with E-state index in [4.69, 9.17) is 5.73 Å². The van der Waals surface area contributed by atoms with Gasteiger partial charge in [0.05, 0.1) is 12.1 Å². The second-order valence-electron chi connectivity index (χ2n) is 6.95. The van der Waals surface area contributed by atoms with Gasteiger partial charge in [0.15, 0.2) is 5.78 Å². The molecular formula is C16H28N2O2. The molecule has 1 amide bonds. The van der Waals surface area contributed by atoms with Crippen LogP contribution < -0.4 is 11.1 Å². The third kappa shape index (κ3) is 3.22. The second-order valence-corrected chi connectivity index (χ2v) is 6.95. The monoisotopic (exact) mass is 280 g/mol. The molecule has 20 heavy (non-hydrogen) atoms. The first kappa shape index (κ1) is 15.5. The molecule has 1 aliphatic carbocycles. The molecule has 3 N–H and O–H groups in total. The maximum absolute atomic E-state index is 12.4. The first-order valence-electron chi connectivity index (χ1n) is 8.01. The van der Waals surface area contributed by atoms with Crippen molar-refractivity contribution in [3.63, 3.8) is 0 Å². The Morgan fingerprint density at radius 2 is 1.90 bits per heavy atom. The molecule has 1 spiro atoms. The number of hydrogen-bond donors (Lipinski definition) is 2. The molecule has 0 aromatic carbocycles. The zero-order chi connectivity index (χ0) is 14.8. The highest BCUT2D eigenvalue weighted by molar-refractivity contribution is 5.90. The summed E-state index contributed by atoms with van der Waals surface area (Å²) in [5, 5.41) is 2.90. The summed E-state index contributed by atoms with van der Waals surface area (Å²) in [5.74, 6) is 0.367. The molecule has 1 heterocycles. The predicted molar refractivity (Wildman–Crippen MR) is 79.1 cm³/mol. The van der Waals surface area contributed by atoms with Gasteiger partial charge in [-0.15, -0.1) is 0 Å². The summed E-state index contributed by atoms with van der Waals surface area (Å²) in [6.45, 7) is 3.73. The molecule has 1 aliphatic heterocycles. The molecule has 114 valence electrons. The topological polar surface area (TPSA) is 72.2 Å². The standard InChI is InChI=1S/C16H28N2O2/c1-11-6-9-16(7-4-3-5-8-16)14(17)15(20)18-13(10-11)12(2)19/h11,13-14H,3-10,17H2,1-2H3,(H,18,20)/t11-,13?,14?/m0/s1. The fraction of sp³-hybridized carbons (Fsp3) is 0.875. The van der Waals surface area contributed by atoms with Crippen LogP contribution in [0.3, 0.4) is 0 Å². The third-order valence-electron chi connectivity index (χ3n) is 5.37. The Kier molecular flexibility index (Phi) is 4.84. The molecule has 1 saturated heterocycles. The van der Waals surface area contributed by atoms with Crippen molar-refractivity contribution in [2.75, 3.05) is 0 Å². The van der Waals surface area contributed by atoms with E-state index in [2.05, 4.69) is 12.2 Å². The Hall–Kier alpha value is -0.900. The minimum Gasteiger partial charge on any atom is -0.345 e. The van der Waals surface area contributed by atoms with Gasteiger partial charge in [-0.3, -0.25) is 9.59 Å². The number of hydrogen-bond acceptors (Lipinski definition) is 3. The van der Waals surface area contributed by atoms with E-state index < -0.39 is 6.04 Å². The quantitative estimate of drug-likeness (QED) is 0.773. The highest BCUT2D eigenvalue weighted by Gasteiger charge is 2.43. The van der Waals surface area contributed by atoms with Crippen molar-refractivity contribution in [2.24, 2.45) is 17.1 Å². The predicted octanol–water partition coefficient (Wildman–Crippen LogP) is 2.16. The lowest BCUT2D eigenvalue weighted by molar-refractivity contribution is -0.130. The Balaban J connectivity index is 2.21. The molecule has 0 radical (unpaired) electrons. The van der Waals surface area contributed by atoms with Crippen molar-refractivity contribution in [1.82, 2.24) is 5.32 Å². The Morgan fingerprint density at radius 1 is 1.25 bits per heavy atom. The van der Waals surface area contributed by atoms with Gasteiger partial charge < -0.3 is 11.1 Å². The number of rotatable bonds is 1. The maximum atomic E-state index is 12.4. The molecule has 3 atom stereocenters. The number of amides is 1. The fourth-order valence-electron chi connectivity index (χ4n) is 3.89. The van der Waals surface area contributed by atoms with Crippen LogP contribution in [-0.4, -0.2) is 23.8 Å². The van der Waals surface area contributed by atoms with Crippen molar-refractivity contribution in [1.29, 1.82) is 0 Å². The number of carbonyl (C=O) groups is 2. The lowest BCUT2D eigenvalue weighted by Gasteiger charge is -2.41. The first-order chi connectivity index (χ1) is 9.44. The molecule has 4 heteroatoms. The minimum absolute atomic E-state index is 0.0389. The number of nitrogens with two attached hydrogens (primary N) is 1. The second kappa shape index (κ2) is 6.25. The fourth-order valence-corrected chi connectivity index (χ4v) is 3.89. The Labute approximate surface area is 121 Å². The van der Waals surface area contributed by atoms with E-state index in [1.54, 1.807) is 6.92 Å². The van der Waals surface area contributed by atoms with Gasteiger partial charge in [-0.1, -0.05) is 32.6 Å². The average molecular weight is 280 g/mol. The summed E-state index contributed by atoms with van der Waals surface area (Å²) >= 11 is 0. The Bertz CT molecular complexity index is 375. The van der Waals surface area contributed by atoms with Crippen molar-refractivity contribution >= 4 is 11.7 Å². The molecule has 0 aromatic rings. The zero-order valence-electron chi connectivity index (χ0n) is 12.8. The summed E-state index contributed by atoms with van der Waals surface area (Å²) in [6, 6.07) is -0.822. The van der Waals surface area contributed by atoms with Crippen LogP contribution in [0.1, 0.15) is 65.2 Å². The van der Waals surface area contributed by atoms with Crippen molar-refractivity contribution < 1.29 is 9.59 Å². The van der Waals surface area contributed by atoms with Crippen LogP contribution in [0.5, 0.6) is 0 Å². The van der Waals surface area contributed by atoms with Gasteiger partial charge in [-0.25, -0.2) is 0 Å². The SMILES string of the molecule is CC(=O)C1C[C@@H](C)CCC2(CCCCC2)C(N)C(=O)N1. The van der Waals surface area contributed by atoms with E-state index in [1.165, 1.54) is 19.3 Å².